The molecule has 2 aromatic rings. The van der Waals surface area contributed by atoms with Gasteiger partial charge < -0.3 is 14.8 Å². The number of benzene rings is 2. The zero-order valence-corrected chi connectivity index (χ0v) is 13.9. The van der Waals surface area contributed by atoms with Crippen molar-refractivity contribution in [1.29, 1.82) is 0 Å². The molecule has 0 spiro atoms. The number of amides is 1. The van der Waals surface area contributed by atoms with Crippen molar-refractivity contribution in [3.63, 3.8) is 0 Å². The lowest BCUT2D eigenvalue weighted by Crippen LogP contribution is -2.09. The van der Waals surface area contributed by atoms with Crippen LogP contribution in [0.15, 0.2) is 42.5 Å². The first-order chi connectivity index (χ1) is 11.0. The third kappa shape index (κ3) is 5.66. The van der Waals surface area contributed by atoms with Crippen LogP contribution in [0.2, 0.25) is 0 Å². The Balaban J connectivity index is 1.78. The Kier molecular flexibility index (Phi) is 6.03. The zero-order valence-electron chi connectivity index (χ0n) is 13.9. The van der Waals surface area contributed by atoms with Gasteiger partial charge in [0, 0.05) is 13.3 Å². The van der Waals surface area contributed by atoms with Crippen molar-refractivity contribution in [3.8, 4) is 11.5 Å². The van der Waals surface area contributed by atoms with E-state index in [1.54, 1.807) is 0 Å². The number of para-hydroxylation sites is 2. The summed E-state index contributed by atoms with van der Waals surface area (Å²) >= 11 is 0. The fourth-order valence-corrected chi connectivity index (χ4v) is 2.33. The lowest BCUT2D eigenvalue weighted by molar-refractivity contribution is -0.114. The van der Waals surface area contributed by atoms with Gasteiger partial charge in [-0.05, 0) is 49.2 Å². The number of rotatable bonds is 7. The van der Waals surface area contributed by atoms with Gasteiger partial charge in [-0.2, -0.15) is 0 Å². The molecule has 0 radical (unpaired) electrons. The Morgan fingerprint density at radius 2 is 1.65 bits per heavy atom. The minimum absolute atomic E-state index is 0.112. The summed E-state index contributed by atoms with van der Waals surface area (Å²) in [6.07, 6.45) is 0.765. The van der Waals surface area contributed by atoms with Crippen LogP contribution in [0.3, 0.4) is 0 Å². The van der Waals surface area contributed by atoms with E-state index in [4.69, 9.17) is 9.47 Å². The zero-order chi connectivity index (χ0) is 16.7. The molecule has 0 aliphatic rings. The van der Waals surface area contributed by atoms with Crippen LogP contribution in [0, 0.1) is 13.8 Å². The number of hydrogen-bond acceptors (Lipinski definition) is 3. The fourth-order valence-electron chi connectivity index (χ4n) is 2.33. The largest absolute Gasteiger partial charge is 0.493 e. The number of hydrogen-bond donors (Lipinski definition) is 1. The fraction of sp³-hybridized carbons (Fsp3) is 0.316. The molecule has 1 N–H and O–H groups in total. The first-order valence-corrected chi connectivity index (χ1v) is 7.75. The molecule has 4 heteroatoms. The molecular formula is C19H23NO3. The third-order valence-electron chi connectivity index (χ3n) is 3.21. The Morgan fingerprint density at radius 3 is 2.35 bits per heavy atom. The molecule has 0 aromatic heterocycles. The van der Waals surface area contributed by atoms with E-state index in [0.717, 1.165) is 12.2 Å². The highest BCUT2D eigenvalue weighted by Gasteiger charge is 2.04. The summed E-state index contributed by atoms with van der Waals surface area (Å²) in [6, 6.07) is 13.6. The molecule has 0 fully saturated rings. The van der Waals surface area contributed by atoms with Gasteiger partial charge in [0.15, 0.2) is 0 Å². The number of nitrogens with one attached hydrogen (secondary N) is 1. The van der Waals surface area contributed by atoms with E-state index in [2.05, 4.69) is 25.2 Å². The van der Waals surface area contributed by atoms with Crippen molar-refractivity contribution in [1.82, 2.24) is 0 Å². The average Bonchev–Trinajstić information content (AvgIpc) is 2.47. The van der Waals surface area contributed by atoms with E-state index in [1.165, 1.54) is 18.1 Å². The summed E-state index contributed by atoms with van der Waals surface area (Å²) < 4.78 is 11.5. The molecule has 0 atom stereocenters. The monoisotopic (exact) mass is 313 g/mol. The highest BCUT2D eigenvalue weighted by molar-refractivity contribution is 5.90. The Hall–Kier alpha value is -2.49. The summed E-state index contributed by atoms with van der Waals surface area (Å²) in [5.74, 6) is 1.45. The predicted octanol–water partition coefficient (Wildman–Crippen LogP) is 4.11. The lowest BCUT2D eigenvalue weighted by atomic mass is 10.1. The molecule has 0 aliphatic carbocycles. The van der Waals surface area contributed by atoms with Gasteiger partial charge in [-0.15, -0.1) is 0 Å². The van der Waals surface area contributed by atoms with Crippen LogP contribution >= 0.6 is 0 Å². The predicted molar refractivity (Wildman–Crippen MR) is 92.3 cm³/mol. The molecule has 1 amide bonds. The third-order valence-corrected chi connectivity index (χ3v) is 3.21. The number of ether oxygens (including phenoxy) is 2. The first kappa shape index (κ1) is 16.9. The SMILES string of the molecule is CC(=O)Nc1ccccc1OCCCOc1cc(C)cc(C)c1. The molecule has 2 rings (SSSR count). The summed E-state index contributed by atoms with van der Waals surface area (Å²) in [4.78, 5) is 11.2. The summed E-state index contributed by atoms with van der Waals surface area (Å²) in [5, 5.41) is 2.76. The van der Waals surface area contributed by atoms with Gasteiger partial charge in [-0.1, -0.05) is 18.2 Å². The van der Waals surface area contributed by atoms with Crippen LogP contribution < -0.4 is 14.8 Å². The van der Waals surface area contributed by atoms with Crippen LogP contribution in [0.4, 0.5) is 5.69 Å². The highest BCUT2D eigenvalue weighted by atomic mass is 16.5. The van der Waals surface area contributed by atoms with Gasteiger partial charge in [0.25, 0.3) is 0 Å². The maximum Gasteiger partial charge on any atom is 0.221 e. The molecule has 0 unspecified atom stereocenters. The van der Waals surface area contributed by atoms with Crippen molar-refractivity contribution in [2.24, 2.45) is 0 Å². The molecule has 0 aliphatic heterocycles. The van der Waals surface area contributed by atoms with Crippen LogP contribution in [0.1, 0.15) is 24.5 Å². The molecular weight excluding hydrogens is 290 g/mol. The molecule has 23 heavy (non-hydrogen) atoms. The van der Waals surface area contributed by atoms with Crippen LogP contribution in [0.5, 0.6) is 11.5 Å². The average molecular weight is 313 g/mol. The standard InChI is InChI=1S/C19H23NO3/c1-14-11-15(2)13-17(12-14)22-9-6-10-23-19-8-5-4-7-18(19)20-16(3)21/h4-5,7-8,11-13H,6,9-10H2,1-3H3,(H,20,21). The maximum atomic E-state index is 11.2. The Morgan fingerprint density at radius 1 is 1.00 bits per heavy atom. The molecule has 0 saturated heterocycles. The summed E-state index contributed by atoms with van der Waals surface area (Å²) in [6.45, 7) is 6.71. The van der Waals surface area contributed by atoms with E-state index in [9.17, 15) is 4.79 Å². The Bertz CT molecular complexity index is 647. The van der Waals surface area contributed by atoms with E-state index in [0.29, 0.717) is 24.7 Å². The second kappa shape index (κ2) is 8.22. The van der Waals surface area contributed by atoms with E-state index < -0.39 is 0 Å². The van der Waals surface area contributed by atoms with Crippen LogP contribution in [-0.2, 0) is 4.79 Å². The van der Waals surface area contributed by atoms with Gasteiger partial charge in [0.2, 0.25) is 5.91 Å². The molecule has 122 valence electrons. The van der Waals surface area contributed by atoms with Gasteiger partial charge in [-0.3, -0.25) is 4.79 Å². The first-order valence-electron chi connectivity index (χ1n) is 7.75. The minimum atomic E-state index is -0.112. The Labute approximate surface area is 137 Å². The smallest absolute Gasteiger partial charge is 0.221 e. The molecule has 0 heterocycles. The molecule has 0 bridgehead atoms. The van der Waals surface area contributed by atoms with Gasteiger partial charge in [0.05, 0.1) is 18.9 Å². The highest BCUT2D eigenvalue weighted by Crippen LogP contribution is 2.23. The number of anilines is 1. The van der Waals surface area contributed by atoms with E-state index in [-0.39, 0.29) is 5.91 Å². The van der Waals surface area contributed by atoms with Crippen molar-refractivity contribution in [2.75, 3.05) is 18.5 Å². The topological polar surface area (TPSA) is 47.6 Å². The van der Waals surface area contributed by atoms with Crippen molar-refractivity contribution in [2.45, 2.75) is 27.2 Å². The van der Waals surface area contributed by atoms with Crippen LogP contribution in [-0.4, -0.2) is 19.1 Å². The summed E-state index contributed by atoms with van der Waals surface area (Å²) in [5.41, 5.74) is 3.08. The van der Waals surface area contributed by atoms with Crippen molar-refractivity contribution >= 4 is 11.6 Å². The maximum absolute atomic E-state index is 11.2. The molecule has 4 nitrogen and oxygen atoms in total. The number of carbonyl (C=O) groups is 1. The number of carbonyl (C=O) groups excluding carboxylic acids is 1. The second-order valence-corrected chi connectivity index (χ2v) is 5.55. The van der Waals surface area contributed by atoms with Gasteiger partial charge in [0.1, 0.15) is 11.5 Å². The lowest BCUT2D eigenvalue weighted by Gasteiger charge is -2.12. The van der Waals surface area contributed by atoms with Crippen molar-refractivity contribution < 1.29 is 14.3 Å². The van der Waals surface area contributed by atoms with Gasteiger partial charge >= 0.3 is 0 Å². The van der Waals surface area contributed by atoms with Crippen LogP contribution in [0.25, 0.3) is 0 Å². The summed E-state index contributed by atoms with van der Waals surface area (Å²) in [7, 11) is 0. The van der Waals surface area contributed by atoms with Gasteiger partial charge in [-0.25, -0.2) is 0 Å². The number of aryl methyl sites for hydroxylation is 2. The van der Waals surface area contributed by atoms with E-state index in [1.807, 2.05) is 36.4 Å². The van der Waals surface area contributed by atoms with E-state index >= 15 is 0 Å². The minimum Gasteiger partial charge on any atom is -0.493 e. The van der Waals surface area contributed by atoms with Crippen molar-refractivity contribution in [3.05, 3.63) is 53.6 Å². The molecule has 2 aromatic carbocycles. The second-order valence-electron chi connectivity index (χ2n) is 5.55. The quantitative estimate of drug-likeness (QED) is 0.783. The molecule has 0 saturated carbocycles. The normalized spacial score (nSPS) is 10.2.